The first kappa shape index (κ1) is 10.6. The Kier molecular flexibility index (Phi) is 6.70. The maximum atomic E-state index is 5.88. The minimum absolute atomic E-state index is 0.164. The number of methoxy groups -OCH3 is 1. The summed E-state index contributed by atoms with van der Waals surface area (Å²) in [6.45, 7) is 4.99. The predicted octanol–water partition coefficient (Wildman–Crippen LogP) is 2.38. The Morgan fingerprint density at radius 3 is 2.50 bits per heavy atom. The quantitative estimate of drug-likeness (QED) is 0.604. The lowest BCUT2D eigenvalue weighted by molar-refractivity contribution is 0.202. The third kappa shape index (κ3) is 6.72. The summed E-state index contributed by atoms with van der Waals surface area (Å²) >= 11 is 7.75. The topological polar surface area (TPSA) is 9.23 Å². The van der Waals surface area contributed by atoms with E-state index in [4.69, 9.17) is 16.3 Å². The summed E-state index contributed by atoms with van der Waals surface area (Å²) in [6.07, 6.45) is 0. The SMILES string of the molecule is COCC(Cl)CSC(C)C. The second-order valence-corrected chi connectivity index (χ2v) is 4.66. The van der Waals surface area contributed by atoms with Gasteiger partial charge in [-0.25, -0.2) is 0 Å². The van der Waals surface area contributed by atoms with Crippen LogP contribution in [0, 0.1) is 0 Å². The molecule has 1 nitrogen and oxygen atoms in total. The Bertz CT molecular complexity index is 78.0. The molecular formula is C7H15ClOS. The van der Waals surface area contributed by atoms with E-state index >= 15 is 0 Å². The molecule has 1 atom stereocenters. The second-order valence-electron chi connectivity index (χ2n) is 2.43. The van der Waals surface area contributed by atoms with E-state index in [0.717, 1.165) is 5.75 Å². The Labute approximate surface area is 72.5 Å². The minimum Gasteiger partial charge on any atom is -0.383 e. The molecule has 0 bridgehead atoms. The van der Waals surface area contributed by atoms with Crippen molar-refractivity contribution in [2.24, 2.45) is 0 Å². The van der Waals surface area contributed by atoms with Gasteiger partial charge in [0.1, 0.15) is 0 Å². The highest BCUT2D eigenvalue weighted by Gasteiger charge is 2.04. The molecule has 1 unspecified atom stereocenters. The van der Waals surface area contributed by atoms with Gasteiger partial charge in [0.15, 0.2) is 0 Å². The molecule has 10 heavy (non-hydrogen) atoms. The van der Waals surface area contributed by atoms with Gasteiger partial charge in [0, 0.05) is 12.9 Å². The Morgan fingerprint density at radius 1 is 1.50 bits per heavy atom. The number of alkyl halides is 1. The second kappa shape index (κ2) is 6.32. The predicted molar refractivity (Wildman–Crippen MR) is 49.1 cm³/mol. The molecule has 0 spiro atoms. The lowest BCUT2D eigenvalue weighted by atomic mass is 10.5. The molecule has 0 aliphatic rings. The lowest BCUT2D eigenvalue weighted by Gasteiger charge is -2.08. The number of thioether (sulfide) groups is 1. The molecule has 0 saturated heterocycles. The van der Waals surface area contributed by atoms with E-state index in [1.54, 1.807) is 7.11 Å². The van der Waals surface area contributed by atoms with Crippen molar-refractivity contribution in [2.45, 2.75) is 24.5 Å². The van der Waals surface area contributed by atoms with E-state index in [0.29, 0.717) is 11.9 Å². The monoisotopic (exact) mass is 182 g/mol. The normalized spacial score (nSPS) is 14.1. The van der Waals surface area contributed by atoms with E-state index in [-0.39, 0.29) is 5.38 Å². The Balaban J connectivity index is 3.12. The molecular weight excluding hydrogens is 168 g/mol. The van der Waals surface area contributed by atoms with E-state index in [1.165, 1.54) is 0 Å². The molecule has 62 valence electrons. The van der Waals surface area contributed by atoms with Crippen LogP contribution in [-0.2, 0) is 4.74 Å². The smallest absolute Gasteiger partial charge is 0.0660 e. The Hall–Kier alpha value is 0.600. The molecule has 0 heterocycles. The highest BCUT2D eigenvalue weighted by molar-refractivity contribution is 7.99. The van der Waals surface area contributed by atoms with Gasteiger partial charge in [-0.2, -0.15) is 11.8 Å². The van der Waals surface area contributed by atoms with Crippen molar-refractivity contribution in [3.8, 4) is 0 Å². The van der Waals surface area contributed by atoms with Crippen molar-refractivity contribution in [3.05, 3.63) is 0 Å². The van der Waals surface area contributed by atoms with Crippen LogP contribution in [0.5, 0.6) is 0 Å². The van der Waals surface area contributed by atoms with Gasteiger partial charge in [-0.1, -0.05) is 13.8 Å². The molecule has 0 N–H and O–H groups in total. The van der Waals surface area contributed by atoms with Gasteiger partial charge in [-0.15, -0.1) is 11.6 Å². The molecule has 0 aliphatic carbocycles. The van der Waals surface area contributed by atoms with Crippen LogP contribution >= 0.6 is 23.4 Å². The van der Waals surface area contributed by atoms with Crippen molar-refractivity contribution in [1.82, 2.24) is 0 Å². The van der Waals surface area contributed by atoms with Gasteiger partial charge in [-0.05, 0) is 5.25 Å². The van der Waals surface area contributed by atoms with Crippen LogP contribution < -0.4 is 0 Å². The van der Waals surface area contributed by atoms with Crippen molar-refractivity contribution < 1.29 is 4.74 Å². The molecule has 3 heteroatoms. The maximum Gasteiger partial charge on any atom is 0.0660 e. The summed E-state index contributed by atoms with van der Waals surface area (Å²) in [6, 6.07) is 0. The maximum absolute atomic E-state index is 5.88. The number of hydrogen-bond acceptors (Lipinski definition) is 2. The minimum atomic E-state index is 0.164. The molecule has 0 fully saturated rings. The number of ether oxygens (including phenoxy) is 1. The molecule has 0 saturated carbocycles. The molecule has 0 aromatic carbocycles. The van der Waals surface area contributed by atoms with Crippen molar-refractivity contribution in [3.63, 3.8) is 0 Å². The van der Waals surface area contributed by atoms with Gasteiger partial charge in [0.05, 0.1) is 12.0 Å². The molecule has 0 radical (unpaired) electrons. The fraction of sp³-hybridized carbons (Fsp3) is 1.00. The van der Waals surface area contributed by atoms with Gasteiger partial charge >= 0.3 is 0 Å². The molecule has 0 rings (SSSR count). The third-order valence-electron chi connectivity index (χ3n) is 0.958. The first-order chi connectivity index (χ1) is 4.66. The fourth-order valence-electron chi connectivity index (χ4n) is 0.526. The van der Waals surface area contributed by atoms with Crippen LogP contribution in [0.25, 0.3) is 0 Å². The van der Waals surface area contributed by atoms with Crippen molar-refractivity contribution >= 4 is 23.4 Å². The zero-order chi connectivity index (χ0) is 7.98. The largest absolute Gasteiger partial charge is 0.383 e. The van der Waals surface area contributed by atoms with Gasteiger partial charge in [0.25, 0.3) is 0 Å². The van der Waals surface area contributed by atoms with Crippen LogP contribution in [0.2, 0.25) is 0 Å². The van der Waals surface area contributed by atoms with Crippen LogP contribution in [0.15, 0.2) is 0 Å². The summed E-state index contributed by atoms with van der Waals surface area (Å²) in [4.78, 5) is 0. The Morgan fingerprint density at radius 2 is 2.10 bits per heavy atom. The fourth-order valence-corrected chi connectivity index (χ4v) is 1.56. The first-order valence-corrected chi connectivity index (χ1v) is 4.90. The zero-order valence-electron chi connectivity index (χ0n) is 6.76. The average molecular weight is 183 g/mol. The molecule has 0 aromatic heterocycles. The van der Waals surface area contributed by atoms with E-state index in [1.807, 2.05) is 11.8 Å². The van der Waals surface area contributed by atoms with Crippen LogP contribution in [0.4, 0.5) is 0 Å². The standard InChI is InChI=1S/C7H15ClOS/c1-6(2)10-5-7(8)4-9-3/h6-7H,4-5H2,1-3H3. The van der Waals surface area contributed by atoms with E-state index in [2.05, 4.69) is 13.8 Å². The van der Waals surface area contributed by atoms with Crippen LogP contribution in [0.3, 0.4) is 0 Å². The van der Waals surface area contributed by atoms with Gasteiger partial charge in [-0.3, -0.25) is 0 Å². The summed E-state index contributed by atoms with van der Waals surface area (Å²) in [7, 11) is 1.68. The zero-order valence-corrected chi connectivity index (χ0v) is 8.34. The summed E-state index contributed by atoms with van der Waals surface area (Å²) in [5.41, 5.74) is 0. The first-order valence-electron chi connectivity index (χ1n) is 3.41. The summed E-state index contributed by atoms with van der Waals surface area (Å²) in [5, 5.41) is 0.829. The van der Waals surface area contributed by atoms with Crippen LogP contribution in [0.1, 0.15) is 13.8 Å². The molecule has 0 aliphatic heterocycles. The molecule has 0 amide bonds. The van der Waals surface area contributed by atoms with Crippen molar-refractivity contribution in [2.75, 3.05) is 19.5 Å². The third-order valence-corrected chi connectivity index (χ3v) is 2.68. The molecule has 0 aromatic rings. The average Bonchev–Trinajstić information content (AvgIpc) is 1.85. The highest BCUT2D eigenvalue weighted by atomic mass is 35.5. The highest BCUT2D eigenvalue weighted by Crippen LogP contribution is 2.13. The van der Waals surface area contributed by atoms with E-state index < -0.39 is 0 Å². The van der Waals surface area contributed by atoms with Crippen molar-refractivity contribution in [1.29, 1.82) is 0 Å². The van der Waals surface area contributed by atoms with Crippen LogP contribution in [-0.4, -0.2) is 30.1 Å². The van der Waals surface area contributed by atoms with Gasteiger partial charge < -0.3 is 4.74 Å². The summed E-state index contributed by atoms with van der Waals surface area (Å²) in [5.74, 6) is 0.979. The van der Waals surface area contributed by atoms with E-state index in [9.17, 15) is 0 Å². The number of rotatable bonds is 5. The summed E-state index contributed by atoms with van der Waals surface area (Å²) < 4.78 is 4.89. The van der Waals surface area contributed by atoms with Gasteiger partial charge in [0.2, 0.25) is 0 Å². The number of hydrogen-bond donors (Lipinski definition) is 0. The number of halogens is 1. The lowest BCUT2D eigenvalue weighted by Crippen LogP contribution is -2.11.